The maximum atomic E-state index is 11.9. The summed E-state index contributed by atoms with van der Waals surface area (Å²) in [5, 5.41) is 0. The first-order valence-corrected chi connectivity index (χ1v) is 5.29. The Hall–Kier alpha value is -0.530. The Morgan fingerprint density at radius 2 is 1.77 bits per heavy atom. The molecule has 0 bridgehead atoms. The van der Waals surface area contributed by atoms with Crippen molar-refractivity contribution in [2.75, 3.05) is 13.1 Å². The minimum absolute atomic E-state index is 0.189. The molecule has 78 valence electrons. The molecule has 0 N–H and O–H groups in total. The van der Waals surface area contributed by atoms with Crippen LogP contribution in [0.25, 0.3) is 0 Å². The van der Waals surface area contributed by atoms with Crippen molar-refractivity contribution < 1.29 is 4.79 Å². The molecule has 0 unspecified atom stereocenters. The van der Waals surface area contributed by atoms with Gasteiger partial charge in [-0.3, -0.25) is 4.79 Å². The fraction of sp³-hybridized carbons (Fsp3) is 0.909. The molecular weight excluding hydrogens is 162 g/mol. The van der Waals surface area contributed by atoms with Gasteiger partial charge >= 0.3 is 0 Å². The highest BCUT2D eigenvalue weighted by Gasteiger charge is 2.28. The van der Waals surface area contributed by atoms with E-state index in [-0.39, 0.29) is 5.41 Å². The molecule has 0 aromatic carbocycles. The van der Waals surface area contributed by atoms with Gasteiger partial charge in [-0.15, -0.1) is 0 Å². The lowest BCUT2D eigenvalue weighted by Gasteiger charge is -2.30. The number of carbonyl (C=O) groups excluding carboxylic acids is 1. The Morgan fingerprint density at radius 3 is 2.08 bits per heavy atom. The van der Waals surface area contributed by atoms with Gasteiger partial charge in [0.15, 0.2) is 0 Å². The maximum absolute atomic E-state index is 11.9. The Bertz CT molecular complexity index is 163. The van der Waals surface area contributed by atoms with Crippen molar-refractivity contribution in [2.24, 2.45) is 5.41 Å². The molecule has 0 aromatic heterocycles. The van der Waals surface area contributed by atoms with E-state index in [1.807, 2.05) is 25.7 Å². The summed E-state index contributed by atoms with van der Waals surface area (Å²) >= 11 is 0. The third-order valence-electron chi connectivity index (χ3n) is 2.63. The molecular formula is C11H23NO. The predicted molar refractivity (Wildman–Crippen MR) is 56.6 cm³/mol. The zero-order valence-corrected chi connectivity index (χ0v) is 9.68. The van der Waals surface area contributed by atoms with Gasteiger partial charge in [0.1, 0.15) is 0 Å². The molecule has 2 nitrogen and oxygen atoms in total. The van der Waals surface area contributed by atoms with E-state index < -0.39 is 0 Å². The summed E-state index contributed by atoms with van der Waals surface area (Å²) in [5.74, 6) is 0.291. The van der Waals surface area contributed by atoms with Crippen LogP contribution in [0.5, 0.6) is 0 Å². The molecule has 0 saturated heterocycles. The second kappa shape index (κ2) is 5.25. The molecule has 0 aliphatic carbocycles. The minimum atomic E-state index is -0.189. The summed E-state index contributed by atoms with van der Waals surface area (Å²) in [6.45, 7) is 12.0. The number of rotatable bonds is 5. The highest BCUT2D eigenvalue weighted by atomic mass is 16.2. The Balaban J connectivity index is 4.36. The highest BCUT2D eigenvalue weighted by molar-refractivity contribution is 5.81. The van der Waals surface area contributed by atoms with Gasteiger partial charge in [0.2, 0.25) is 5.91 Å². The number of hydrogen-bond acceptors (Lipinski definition) is 1. The molecule has 0 rings (SSSR count). The first-order chi connectivity index (χ1) is 5.99. The van der Waals surface area contributed by atoms with Crippen LogP contribution in [0.1, 0.15) is 47.5 Å². The number of amides is 1. The van der Waals surface area contributed by atoms with E-state index in [9.17, 15) is 4.79 Å². The van der Waals surface area contributed by atoms with E-state index in [4.69, 9.17) is 0 Å². The van der Waals surface area contributed by atoms with E-state index in [2.05, 4.69) is 13.8 Å². The smallest absolute Gasteiger partial charge is 0.228 e. The third-order valence-corrected chi connectivity index (χ3v) is 2.63. The molecule has 0 saturated carbocycles. The average Bonchev–Trinajstić information content (AvgIpc) is 2.13. The minimum Gasteiger partial charge on any atom is -0.343 e. The van der Waals surface area contributed by atoms with Gasteiger partial charge in [0.05, 0.1) is 0 Å². The summed E-state index contributed by atoms with van der Waals surface area (Å²) in [5.41, 5.74) is -0.189. The standard InChI is InChI=1S/C11H23NO/c1-6-9-12(8-3)10(13)11(4,5)7-2/h6-9H2,1-5H3. The van der Waals surface area contributed by atoms with Gasteiger partial charge in [-0.1, -0.05) is 27.7 Å². The highest BCUT2D eigenvalue weighted by Crippen LogP contribution is 2.22. The van der Waals surface area contributed by atoms with Crippen LogP contribution in [-0.2, 0) is 4.79 Å². The fourth-order valence-electron chi connectivity index (χ4n) is 1.25. The Labute approximate surface area is 82.3 Å². The quantitative estimate of drug-likeness (QED) is 0.645. The van der Waals surface area contributed by atoms with Crippen molar-refractivity contribution in [3.05, 3.63) is 0 Å². The van der Waals surface area contributed by atoms with Gasteiger partial charge in [-0.25, -0.2) is 0 Å². The summed E-state index contributed by atoms with van der Waals surface area (Å²) in [6, 6.07) is 0. The molecule has 0 aliphatic heterocycles. The summed E-state index contributed by atoms with van der Waals surface area (Å²) in [6.07, 6.45) is 1.95. The molecule has 2 heteroatoms. The second-order valence-corrected chi connectivity index (χ2v) is 4.12. The summed E-state index contributed by atoms with van der Waals surface area (Å²) in [7, 11) is 0. The van der Waals surface area contributed by atoms with Crippen molar-refractivity contribution >= 4 is 5.91 Å². The van der Waals surface area contributed by atoms with Crippen LogP contribution in [-0.4, -0.2) is 23.9 Å². The van der Waals surface area contributed by atoms with Crippen LogP contribution in [0.15, 0.2) is 0 Å². The van der Waals surface area contributed by atoms with Crippen LogP contribution < -0.4 is 0 Å². The van der Waals surface area contributed by atoms with Gasteiger partial charge < -0.3 is 4.90 Å². The topological polar surface area (TPSA) is 20.3 Å². The molecule has 0 aliphatic rings. The lowest BCUT2D eigenvalue weighted by atomic mass is 9.88. The van der Waals surface area contributed by atoms with E-state index in [1.54, 1.807) is 0 Å². The van der Waals surface area contributed by atoms with E-state index >= 15 is 0 Å². The van der Waals surface area contributed by atoms with Crippen molar-refractivity contribution in [1.29, 1.82) is 0 Å². The van der Waals surface area contributed by atoms with Crippen molar-refractivity contribution in [2.45, 2.75) is 47.5 Å². The third kappa shape index (κ3) is 3.37. The SMILES string of the molecule is CCCN(CC)C(=O)C(C)(C)CC. The zero-order valence-electron chi connectivity index (χ0n) is 9.68. The van der Waals surface area contributed by atoms with Crippen molar-refractivity contribution in [3.63, 3.8) is 0 Å². The predicted octanol–water partition coefficient (Wildman–Crippen LogP) is 2.68. The zero-order chi connectivity index (χ0) is 10.5. The number of hydrogen-bond donors (Lipinski definition) is 0. The molecule has 0 atom stereocenters. The normalized spacial score (nSPS) is 11.5. The Kier molecular flexibility index (Phi) is 5.04. The van der Waals surface area contributed by atoms with Gasteiger partial charge in [0, 0.05) is 18.5 Å². The van der Waals surface area contributed by atoms with Crippen molar-refractivity contribution in [3.8, 4) is 0 Å². The maximum Gasteiger partial charge on any atom is 0.228 e. The van der Waals surface area contributed by atoms with Crippen LogP contribution >= 0.6 is 0 Å². The molecule has 0 radical (unpaired) electrons. The van der Waals surface area contributed by atoms with Crippen molar-refractivity contribution in [1.82, 2.24) is 4.90 Å². The lowest BCUT2D eigenvalue weighted by Crippen LogP contribution is -2.40. The molecule has 0 spiro atoms. The second-order valence-electron chi connectivity index (χ2n) is 4.12. The molecule has 0 heterocycles. The van der Waals surface area contributed by atoms with Gasteiger partial charge in [-0.05, 0) is 19.8 Å². The molecule has 0 aromatic rings. The molecule has 0 fully saturated rings. The van der Waals surface area contributed by atoms with Gasteiger partial charge in [-0.2, -0.15) is 0 Å². The largest absolute Gasteiger partial charge is 0.343 e. The van der Waals surface area contributed by atoms with Crippen LogP contribution in [0.3, 0.4) is 0 Å². The molecule has 1 amide bonds. The van der Waals surface area contributed by atoms with E-state index in [1.165, 1.54) is 0 Å². The van der Waals surface area contributed by atoms with Gasteiger partial charge in [0.25, 0.3) is 0 Å². The fourth-order valence-corrected chi connectivity index (χ4v) is 1.25. The molecule has 13 heavy (non-hydrogen) atoms. The number of nitrogens with zero attached hydrogens (tertiary/aromatic N) is 1. The average molecular weight is 185 g/mol. The number of carbonyl (C=O) groups is 1. The van der Waals surface area contributed by atoms with Crippen LogP contribution in [0.4, 0.5) is 0 Å². The van der Waals surface area contributed by atoms with Crippen LogP contribution in [0, 0.1) is 5.41 Å². The Morgan fingerprint density at radius 1 is 1.23 bits per heavy atom. The van der Waals surface area contributed by atoms with E-state index in [0.29, 0.717) is 5.91 Å². The first kappa shape index (κ1) is 12.5. The monoisotopic (exact) mass is 185 g/mol. The van der Waals surface area contributed by atoms with E-state index in [0.717, 1.165) is 25.9 Å². The first-order valence-electron chi connectivity index (χ1n) is 5.29. The van der Waals surface area contributed by atoms with Crippen LogP contribution in [0.2, 0.25) is 0 Å². The summed E-state index contributed by atoms with van der Waals surface area (Å²) < 4.78 is 0. The lowest BCUT2D eigenvalue weighted by molar-refractivity contribution is -0.140. The summed E-state index contributed by atoms with van der Waals surface area (Å²) in [4.78, 5) is 13.9.